The number of hydrogen-bond donors (Lipinski definition) is 0. The van der Waals surface area contributed by atoms with Crippen LogP contribution in [0.3, 0.4) is 0 Å². The summed E-state index contributed by atoms with van der Waals surface area (Å²) in [5.41, 5.74) is 4.86. The second kappa shape index (κ2) is 6.62. The van der Waals surface area contributed by atoms with Crippen molar-refractivity contribution < 1.29 is 9.32 Å². The van der Waals surface area contributed by atoms with Crippen molar-refractivity contribution in [2.24, 2.45) is 0 Å². The molecule has 3 heterocycles. The largest absolute Gasteiger partial charge is 0.340 e. The number of carbonyl (C=O) groups excluding carboxylic acids is 1. The summed E-state index contributed by atoms with van der Waals surface area (Å²) in [6, 6.07) is 6.29. The maximum Gasteiger partial charge on any atom is 0.271 e. The fraction of sp³-hybridized carbons (Fsp3) is 0.263. The van der Waals surface area contributed by atoms with Gasteiger partial charge >= 0.3 is 0 Å². The Labute approximate surface area is 160 Å². The van der Waals surface area contributed by atoms with Crippen LogP contribution in [0.2, 0.25) is 0 Å². The van der Waals surface area contributed by atoms with Crippen LogP contribution in [0.1, 0.15) is 33.3 Å². The van der Waals surface area contributed by atoms with Crippen LogP contribution in [-0.4, -0.2) is 37.4 Å². The Hall–Kier alpha value is -3.00. The number of carbonyl (C=O) groups is 1. The van der Waals surface area contributed by atoms with Crippen molar-refractivity contribution in [3.05, 3.63) is 58.3 Å². The van der Waals surface area contributed by atoms with Gasteiger partial charge in [0.1, 0.15) is 5.69 Å². The minimum absolute atomic E-state index is 0.117. The minimum Gasteiger partial charge on any atom is -0.340 e. The van der Waals surface area contributed by atoms with E-state index in [2.05, 4.69) is 42.2 Å². The Kier molecular flexibility index (Phi) is 4.27. The Morgan fingerprint density at radius 1 is 1.26 bits per heavy atom. The average Bonchev–Trinajstić information content (AvgIpc) is 3.32. The highest BCUT2D eigenvalue weighted by atomic mass is 32.1. The number of fused-ring (bicyclic) bond motifs is 1. The maximum atomic E-state index is 12.9. The molecule has 0 saturated carbocycles. The number of hydrogen-bond acceptors (Lipinski definition) is 6. The molecular formula is C19H19N5O2S. The maximum absolute atomic E-state index is 12.9. The SMILES string of the molecule is Cc1ccc(C)c(-c2cn3c(C(=O)N(C)Cc4noc(C)n4)csc3n2)c1. The number of rotatable bonds is 4. The Morgan fingerprint density at radius 2 is 2.07 bits per heavy atom. The number of benzene rings is 1. The van der Waals surface area contributed by atoms with Crippen molar-refractivity contribution in [3.8, 4) is 11.3 Å². The van der Waals surface area contributed by atoms with Gasteiger partial charge < -0.3 is 9.42 Å². The van der Waals surface area contributed by atoms with E-state index in [9.17, 15) is 4.79 Å². The van der Waals surface area contributed by atoms with Crippen LogP contribution >= 0.6 is 11.3 Å². The number of aromatic nitrogens is 4. The first-order valence-corrected chi connectivity index (χ1v) is 9.39. The van der Waals surface area contributed by atoms with Crippen molar-refractivity contribution in [1.82, 2.24) is 24.4 Å². The molecule has 8 heteroatoms. The fourth-order valence-electron chi connectivity index (χ4n) is 2.96. The lowest BCUT2D eigenvalue weighted by atomic mass is 10.0. The smallest absolute Gasteiger partial charge is 0.271 e. The summed E-state index contributed by atoms with van der Waals surface area (Å²) in [5, 5.41) is 5.68. The van der Waals surface area contributed by atoms with Gasteiger partial charge in [-0.25, -0.2) is 4.98 Å². The summed E-state index contributed by atoms with van der Waals surface area (Å²) in [5.74, 6) is 0.849. The van der Waals surface area contributed by atoms with Crippen LogP contribution < -0.4 is 0 Å². The lowest BCUT2D eigenvalue weighted by Gasteiger charge is -2.14. The molecular weight excluding hydrogens is 362 g/mol. The van der Waals surface area contributed by atoms with Crippen LogP contribution in [-0.2, 0) is 6.54 Å². The molecule has 3 aromatic heterocycles. The van der Waals surface area contributed by atoms with Gasteiger partial charge in [-0.3, -0.25) is 9.20 Å². The molecule has 0 aliphatic rings. The quantitative estimate of drug-likeness (QED) is 0.539. The lowest BCUT2D eigenvalue weighted by Crippen LogP contribution is -2.27. The highest BCUT2D eigenvalue weighted by Crippen LogP contribution is 2.27. The summed E-state index contributed by atoms with van der Waals surface area (Å²) < 4.78 is 6.82. The third kappa shape index (κ3) is 3.23. The molecule has 0 spiro atoms. The number of imidazole rings is 1. The van der Waals surface area contributed by atoms with Crippen LogP contribution in [0.15, 0.2) is 34.3 Å². The normalized spacial score (nSPS) is 11.3. The first-order chi connectivity index (χ1) is 12.9. The van der Waals surface area contributed by atoms with Crippen molar-refractivity contribution in [2.75, 3.05) is 7.05 Å². The highest BCUT2D eigenvalue weighted by Gasteiger charge is 2.20. The zero-order chi connectivity index (χ0) is 19.1. The molecule has 0 unspecified atom stereocenters. The van der Waals surface area contributed by atoms with Crippen LogP contribution in [0.4, 0.5) is 0 Å². The van der Waals surface area contributed by atoms with E-state index in [1.54, 1.807) is 18.9 Å². The highest BCUT2D eigenvalue weighted by molar-refractivity contribution is 7.15. The Morgan fingerprint density at radius 3 is 2.81 bits per heavy atom. The molecule has 0 atom stereocenters. The van der Waals surface area contributed by atoms with Gasteiger partial charge in [-0.15, -0.1) is 11.3 Å². The summed E-state index contributed by atoms with van der Waals surface area (Å²) in [7, 11) is 1.72. The van der Waals surface area contributed by atoms with Crippen LogP contribution in [0, 0.1) is 20.8 Å². The third-order valence-electron chi connectivity index (χ3n) is 4.39. The molecule has 1 aromatic carbocycles. The van der Waals surface area contributed by atoms with E-state index in [4.69, 9.17) is 9.51 Å². The predicted octanol–water partition coefficient (Wildman–Crippen LogP) is 3.64. The van der Waals surface area contributed by atoms with Gasteiger partial charge in [-0.1, -0.05) is 22.9 Å². The Bertz CT molecular complexity index is 1140. The van der Waals surface area contributed by atoms with Gasteiger partial charge in [0.2, 0.25) is 5.89 Å². The minimum atomic E-state index is -0.117. The number of nitrogens with zero attached hydrogens (tertiary/aromatic N) is 5. The Balaban J connectivity index is 1.65. The molecule has 0 bridgehead atoms. The lowest BCUT2D eigenvalue weighted by molar-refractivity contribution is 0.0774. The third-order valence-corrected chi connectivity index (χ3v) is 5.23. The first kappa shape index (κ1) is 17.4. The van der Waals surface area contributed by atoms with Crippen molar-refractivity contribution >= 4 is 22.2 Å². The second-order valence-corrected chi connectivity index (χ2v) is 7.45. The van der Waals surface area contributed by atoms with E-state index in [1.807, 2.05) is 16.0 Å². The molecule has 138 valence electrons. The van der Waals surface area contributed by atoms with Gasteiger partial charge in [0.05, 0.1) is 12.2 Å². The van der Waals surface area contributed by atoms with Crippen LogP contribution in [0.25, 0.3) is 16.2 Å². The van der Waals surface area contributed by atoms with E-state index in [0.717, 1.165) is 21.8 Å². The number of aryl methyl sites for hydroxylation is 3. The van der Waals surface area contributed by atoms with E-state index < -0.39 is 0 Å². The summed E-state index contributed by atoms with van der Waals surface area (Å²) in [6.45, 7) is 6.13. The molecule has 0 radical (unpaired) electrons. The van der Waals surface area contributed by atoms with Gasteiger partial charge in [-0.2, -0.15) is 4.98 Å². The molecule has 0 saturated heterocycles. The zero-order valence-corrected chi connectivity index (χ0v) is 16.4. The molecule has 4 aromatic rings. The summed E-state index contributed by atoms with van der Waals surface area (Å²) in [6.07, 6.45) is 1.92. The summed E-state index contributed by atoms with van der Waals surface area (Å²) in [4.78, 5) is 24.1. The molecule has 0 aliphatic heterocycles. The van der Waals surface area contributed by atoms with Crippen molar-refractivity contribution in [3.63, 3.8) is 0 Å². The standard InChI is InChI=1S/C19H19N5O2S/c1-11-5-6-12(2)14(7-11)15-8-24-16(10-27-19(24)21-15)18(25)23(4)9-17-20-13(3)26-22-17/h5-8,10H,9H2,1-4H3. The van der Waals surface area contributed by atoms with Crippen LogP contribution in [0.5, 0.6) is 0 Å². The topological polar surface area (TPSA) is 76.5 Å². The second-order valence-electron chi connectivity index (χ2n) is 6.61. The van der Waals surface area contributed by atoms with Gasteiger partial charge in [0.25, 0.3) is 5.91 Å². The number of amides is 1. The van der Waals surface area contributed by atoms with Crippen molar-refractivity contribution in [2.45, 2.75) is 27.3 Å². The average molecular weight is 381 g/mol. The molecule has 4 rings (SSSR count). The van der Waals surface area contributed by atoms with E-state index in [1.165, 1.54) is 16.9 Å². The van der Waals surface area contributed by atoms with Gasteiger partial charge in [0.15, 0.2) is 10.8 Å². The molecule has 7 nitrogen and oxygen atoms in total. The van der Waals surface area contributed by atoms with E-state index in [-0.39, 0.29) is 12.5 Å². The predicted molar refractivity (Wildman–Crippen MR) is 103 cm³/mol. The van der Waals surface area contributed by atoms with E-state index in [0.29, 0.717) is 17.4 Å². The fourth-order valence-corrected chi connectivity index (χ4v) is 3.81. The van der Waals surface area contributed by atoms with Gasteiger partial charge in [-0.05, 0) is 25.5 Å². The molecule has 0 fully saturated rings. The van der Waals surface area contributed by atoms with Crippen molar-refractivity contribution in [1.29, 1.82) is 0 Å². The first-order valence-electron chi connectivity index (χ1n) is 8.51. The molecule has 27 heavy (non-hydrogen) atoms. The zero-order valence-electron chi connectivity index (χ0n) is 15.6. The van der Waals surface area contributed by atoms with Gasteiger partial charge in [0, 0.05) is 31.1 Å². The monoisotopic (exact) mass is 381 g/mol. The number of thiazole rings is 1. The molecule has 1 amide bonds. The molecule has 0 N–H and O–H groups in total. The van der Waals surface area contributed by atoms with E-state index >= 15 is 0 Å². The summed E-state index contributed by atoms with van der Waals surface area (Å²) >= 11 is 1.45. The molecule has 0 aliphatic carbocycles.